The molecule has 0 spiro atoms. The van der Waals surface area contributed by atoms with E-state index in [0.29, 0.717) is 25.9 Å². The first-order valence-electron chi connectivity index (χ1n) is 6.47. The number of hydrogen-bond acceptors (Lipinski definition) is 4. The number of ether oxygens (including phenoxy) is 1. The van der Waals surface area contributed by atoms with Crippen LogP contribution in [0.4, 0.5) is 4.39 Å². The minimum absolute atomic E-state index is 0.114. The number of nitrogens with zero attached hydrogens (tertiary/aromatic N) is 1. The predicted molar refractivity (Wildman–Crippen MR) is 73.7 cm³/mol. The Morgan fingerprint density at radius 1 is 1.38 bits per heavy atom. The summed E-state index contributed by atoms with van der Waals surface area (Å²) in [5.41, 5.74) is -0.154. The number of piperidine rings is 1. The summed E-state index contributed by atoms with van der Waals surface area (Å²) >= 11 is 0. The van der Waals surface area contributed by atoms with Crippen molar-refractivity contribution in [3.63, 3.8) is 0 Å². The van der Waals surface area contributed by atoms with Crippen LogP contribution in [0, 0.1) is 5.82 Å². The number of carbonyl (C=O) groups is 1. The fraction of sp³-hybridized carbons (Fsp3) is 0.462. The maximum absolute atomic E-state index is 13.9. The summed E-state index contributed by atoms with van der Waals surface area (Å²) in [5.74, 6) is -1.34. The topological polar surface area (TPSA) is 89.7 Å². The fourth-order valence-corrected chi connectivity index (χ4v) is 2.84. The van der Waals surface area contributed by atoms with E-state index in [1.54, 1.807) is 7.11 Å². The molecule has 1 aromatic rings. The molecule has 8 heteroatoms. The van der Waals surface area contributed by atoms with Gasteiger partial charge in [0.1, 0.15) is 5.82 Å². The van der Waals surface area contributed by atoms with Crippen LogP contribution in [0.2, 0.25) is 0 Å². The molecule has 2 rings (SSSR count). The van der Waals surface area contributed by atoms with E-state index in [-0.39, 0.29) is 16.6 Å². The molecule has 1 aliphatic rings. The standard InChI is InChI=1S/C13H17FN2O4S/c1-20-9-4-6-16(7-5-9)13(17)11-3-2-10(8-12(11)14)21(15,18)19/h2-3,8-9H,4-7H2,1H3,(H2,15,18,19). The largest absolute Gasteiger partial charge is 0.381 e. The monoisotopic (exact) mass is 316 g/mol. The Morgan fingerprint density at radius 2 is 2.00 bits per heavy atom. The second kappa shape index (κ2) is 6.08. The summed E-state index contributed by atoms with van der Waals surface area (Å²) in [5, 5.41) is 4.92. The molecule has 1 fully saturated rings. The quantitative estimate of drug-likeness (QED) is 0.890. The highest BCUT2D eigenvalue weighted by molar-refractivity contribution is 7.89. The van der Waals surface area contributed by atoms with Gasteiger partial charge in [-0.15, -0.1) is 0 Å². The van der Waals surface area contributed by atoms with Crippen LogP contribution in [0.1, 0.15) is 23.2 Å². The highest BCUT2D eigenvalue weighted by Gasteiger charge is 2.25. The maximum atomic E-state index is 13.9. The van der Waals surface area contributed by atoms with Crippen molar-refractivity contribution in [3.05, 3.63) is 29.6 Å². The van der Waals surface area contributed by atoms with E-state index in [1.165, 1.54) is 4.90 Å². The second-order valence-electron chi connectivity index (χ2n) is 4.91. The number of halogens is 1. The van der Waals surface area contributed by atoms with Crippen LogP contribution in [0.5, 0.6) is 0 Å². The van der Waals surface area contributed by atoms with Gasteiger partial charge in [-0.2, -0.15) is 0 Å². The Kier molecular flexibility index (Phi) is 4.60. The molecular weight excluding hydrogens is 299 g/mol. The van der Waals surface area contributed by atoms with Gasteiger partial charge < -0.3 is 9.64 Å². The van der Waals surface area contributed by atoms with Crippen molar-refractivity contribution in [1.29, 1.82) is 0 Å². The van der Waals surface area contributed by atoms with Gasteiger partial charge >= 0.3 is 0 Å². The minimum Gasteiger partial charge on any atom is -0.381 e. The van der Waals surface area contributed by atoms with Gasteiger partial charge in [0.2, 0.25) is 10.0 Å². The fourth-order valence-electron chi connectivity index (χ4n) is 2.31. The number of carbonyl (C=O) groups excluding carboxylic acids is 1. The molecule has 2 N–H and O–H groups in total. The van der Waals surface area contributed by atoms with E-state index in [2.05, 4.69) is 0 Å². The molecule has 21 heavy (non-hydrogen) atoms. The normalized spacial score (nSPS) is 17.0. The smallest absolute Gasteiger partial charge is 0.256 e. The van der Waals surface area contributed by atoms with Gasteiger partial charge in [-0.25, -0.2) is 17.9 Å². The van der Waals surface area contributed by atoms with Crippen LogP contribution in [0.25, 0.3) is 0 Å². The zero-order valence-corrected chi connectivity index (χ0v) is 12.4. The third-order valence-corrected chi connectivity index (χ3v) is 4.47. The van der Waals surface area contributed by atoms with E-state index >= 15 is 0 Å². The summed E-state index contributed by atoms with van der Waals surface area (Å²) in [7, 11) is -2.37. The molecule has 1 heterocycles. The number of likely N-dealkylation sites (tertiary alicyclic amines) is 1. The number of amides is 1. The van der Waals surface area contributed by atoms with Gasteiger partial charge in [-0.1, -0.05) is 0 Å². The lowest BCUT2D eigenvalue weighted by molar-refractivity contribution is 0.0348. The summed E-state index contributed by atoms with van der Waals surface area (Å²) in [4.78, 5) is 13.4. The number of methoxy groups -OCH3 is 1. The van der Waals surface area contributed by atoms with E-state index in [9.17, 15) is 17.6 Å². The van der Waals surface area contributed by atoms with Crippen molar-refractivity contribution in [2.24, 2.45) is 5.14 Å². The number of hydrogen-bond donors (Lipinski definition) is 1. The SMILES string of the molecule is COC1CCN(C(=O)c2ccc(S(N)(=O)=O)cc2F)CC1. The molecule has 0 aliphatic carbocycles. The minimum atomic E-state index is -3.98. The number of sulfonamides is 1. The Labute approximate surface area is 122 Å². The summed E-state index contributed by atoms with van der Waals surface area (Å²) in [6.45, 7) is 0.960. The van der Waals surface area contributed by atoms with Crippen molar-refractivity contribution in [1.82, 2.24) is 4.90 Å². The number of primary sulfonamides is 1. The molecule has 116 valence electrons. The summed E-state index contributed by atoms with van der Waals surface area (Å²) in [6.07, 6.45) is 1.50. The van der Waals surface area contributed by atoms with Gasteiger partial charge in [0.15, 0.2) is 0 Å². The first-order chi connectivity index (χ1) is 9.82. The van der Waals surface area contributed by atoms with Crippen molar-refractivity contribution < 1.29 is 22.3 Å². The summed E-state index contributed by atoms with van der Waals surface area (Å²) < 4.78 is 41.4. The molecule has 0 atom stereocenters. The zero-order chi connectivity index (χ0) is 15.6. The predicted octanol–water partition coefficient (Wildman–Crippen LogP) is 0.724. The highest BCUT2D eigenvalue weighted by Crippen LogP contribution is 2.19. The molecule has 1 amide bonds. The molecular formula is C13H17FN2O4S. The van der Waals surface area contributed by atoms with Crippen molar-refractivity contribution in [2.75, 3.05) is 20.2 Å². The van der Waals surface area contributed by atoms with Crippen LogP contribution in [-0.4, -0.2) is 45.5 Å². The van der Waals surface area contributed by atoms with Crippen LogP contribution < -0.4 is 5.14 Å². The Bertz CT molecular complexity index is 640. The molecule has 1 saturated heterocycles. The molecule has 0 radical (unpaired) electrons. The molecule has 0 aromatic heterocycles. The van der Waals surface area contributed by atoms with Crippen molar-refractivity contribution in [3.8, 4) is 0 Å². The second-order valence-corrected chi connectivity index (χ2v) is 6.48. The van der Waals surface area contributed by atoms with Crippen LogP contribution in [-0.2, 0) is 14.8 Å². The average Bonchev–Trinajstić information content (AvgIpc) is 2.45. The summed E-state index contributed by atoms with van der Waals surface area (Å²) in [6, 6.07) is 3.05. The van der Waals surface area contributed by atoms with Gasteiger partial charge in [0, 0.05) is 20.2 Å². The van der Waals surface area contributed by atoms with Gasteiger partial charge in [-0.3, -0.25) is 4.79 Å². The van der Waals surface area contributed by atoms with E-state index in [1.807, 2.05) is 0 Å². The van der Waals surface area contributed by atoms with Gasteiger partial charge in [-0.05, 0) is 31.0 Å². The molecule has 0 bridgehead atoms. The average molecular weight is 316 g/mol. The van der Waals surface area contributed by atoms with E-state index in [0.717, 1.165) is 18.2 Å². The number of rotatable bonds is 3. The van der Waals surface area contributed by atoms with Crippen molar-refractivity contribution in [2.45, 2.75) is 23.8 Å². The Balaban J connectivity index is 2.17. The third kappa shape index (κ3) is 3.58. The molecule has 0 unspecified atom stereocenters. The Hall–Kier alpha value is -1.51. The lowest BCUT2D eigenvalue weighted by Crippen LogP contribution is -2.40. The highest BCUT2D eigenvalue weighted by atomic mass is 32.2. The van der Waals surface area contributed by atoms with Crippen LogP contribution in [0.15, 0.2) is 23.1 Å². The molecule has 1 aromatic carbocycles. The van der Waals surface area contributed by atoms with E-state index in [4.69, 9.17) is 9.88 Å². The first-order valence-corrected chi connectivity index (χ1v) is 8.02. The first kappa shape index (κ1) is 15.9. The maximum Gasteiger partial charge on any atom is 0.256 e. The van der Waals surface area contributed by atoms with Gasteiger partial charge in [0.05, 0.1) is 16.6 Å². The number of benzene rings is 1. The number of nitrogens with two attached hydrogens (primary N) is 1. The molecule has 6 nitrogen and oxygen atoms in total. The van der Waals surface area contributed by atoms with Gasteiger partial charge in [0.25, 0.3) is 5.91 Å². The zero-order valence-electron chi connectivity index (χ0n) is 11.6. The van der Waals surface area contributed by atoms with Crippen LogP contribution >= 0.6 is 0 Å². The lowest BCUT2D eigenvalue weighted by atomic mass is 10.1. The Morgan fingerprint density at radius 3 is 2.48 bits per heavy atom. The van der Waals surface area contributed by atoms with Crippen molar-refractivity contribution >= 4 is 15.9 Å². The molecule has 1 aliphatic heterocycles. The van der Waals surface area contributed by atoms with Crippen LogP contribution in [0.3, 0.4) is 0 Å². The lowest BCUT2D eigenvalue weighted by Gasteiger charge is -2.31. The third-order valence-electron chi connectivity index (χ3n) is 3.56. The molecule has 0 saturated carbocycles. The van der Waals surface area contributed by atoms with E-state index < -0.39 is 21.7 Å².